The van der Waals surface area contributed by atoms with E-state index in [2.05, 4.69) is 15.1 Å². The number of rotatable bonds is 4. The number of nitrogens with zero attached hydrogens (tertiary/aromatic N) is 2. The molecule has 0 spiro atoms. The lowest BCUT2D eigenvalue weighted by molar-refractivity contribution is 0.0995. The molecular formula is C13H20N4O. The van der Waals surface area contributed by atoms with E-state index in [0.29, 0.717) is 11.6 Å². The number of carbonyl (C=O) groups excluding carboxylic acids is 1. The van der Waals surface area contributed by atoms with Gasteiger partial charge in [-0.2, -0.15) is 5.10 Å². The molecule has 5 heteroatoms. The average Bonchev–Trinajstić information content (AvgIpc) is 3.03. The van der Waals surface area contributed by atoms with Gasteiger partial charge in [0.1, 0.15) is 5.69 Å². The minimum atomic E-state index is -0.455. The first kappa shape index (κ1) is 11.7. The van der Waals surface area contributed by atoms with Crippen LogP contribution in [0.4, 0.5) is 0 Å². The molecule has 1 aliphatic carbocycles. The van der Waals surface area contributed by atoms with E-state index in [-0.39, 0.29) is 0 Å². The lowest BCUT2D eigenvalue weighted by atomic mass is 9.94. The van der Waals surface area contributed by atoms with Gasteiger partial charge in [-0.15, -0.1) is 0 Å². The van der Waals surface area contributed by atoms with Crippen molar-refractivity contribution in [3.8, 4) is 0 Å². The monoisotopic (exact) mass is 248 g/mol. The van der Waals surface area contributed by atoms with Crippen molar-refractivity contribution in [2.75, 3.05) is 19.6 Å². The van der Waals surface area contributed by atoms with Crippen LogP contribution in [0.2, 0.25) is 0 Å². The van der Waals surface area contributed by atoms with Gasteiger partial charge < -0.3 is 10.6 Å². The highest BCUT2D eigenvalue weighted by Gasteiger charge is 2.28. The van der Waals surface area contributed by atoms with Gasteiger partial charge in [0.25, 0.3) is 5.91 Å². The molecule has 0 aromatic carbocycles. The topological polar surface area (TPSA) is 75.0 Å². The number of nitrogens with one attached hydrogen (secondary N) is 1. The molecule has 1 saturated heterocycles. The Morgan fingerprint density at radius 3 is 3.00 bits per heavy atom. The van der Waals surface area contributed by atoms with Crippen LogP contribution in [0.15, 0.2) is 6.07 Å². The highest BCUT2D eigenvalue weighted by molar-refractivity contribution is 5.90. The van der Waals surface area contributed by atoms with Gasteiger partial charge in [0, 0.05) is 24.7 Å². The van der Waals surface area contributed by atoms with Crippen molar-refractivity contribution in [2.24, 2.45) is 11.7 Å². The molecule has 2 aliphatic rings. The fraction of sp³-hybridized carbons (Fsp3) is 0.692. The second kappa shape index (κ2) is 4.72. The van der Waals surface area contributed by atoms with E-state index in [1.54, 1.807) is 0 Å². The van der Waals surface area contributed by atoms with Crippen molar-refractivity contribution >= 4 is 5.91 Å². The van der Waals surface area contributed by atoms with Crippen LogP contribution in [0, 0.1) is 5.92 Å². The van der Waals surface area contributed by atoms with E-state index in [0.717, 1.165) is 18.2 Å². The van der Waals surface area contributed by atoms with Crippen molar-refractivity contribution in [3.05, 3.63) is 17.5 Å². The molecule has 5 nitrogen and oxygen atoms in total. The number of hydrogen-bond acceptors (Lipinski definition) is 3. The van der Waals surface area contributed by atoms with E-state index >= 15 is 0 Å². The Morgan fingerprint density at radius 1 is 1.50 bits per heavy atom. The third-order valence-electron chi connectivity index (χ3n) is 4.01. The van der Waals surface area contributed by atoms with Gasteiger partial charge in [-0.3, -0.25) is 9.89 Å². The molecule has 1 atom stereocenters. The maximum atomic E-state index is 11.0. The summed E-state index contributed by atoms with van der Waals surface area (Å²) in [5.74, 6) is 0.952. The van der Waals surface area contributed by atoms with E-state index in [1.165, 1.54) is 38.8 Å². The molecule has 98 valence electrons. The van der Waals surface area contributed by atoms with Gasteiger partial charge in [0.2, 0.25) is 0 Å². The molecule has 1 unspecified atom stereocenters. The molecule has 3 N–H and O–H groups in total. The fourth-order valence-electron chi connectivity index (χ4n) is 2.81. The predicted molar refractivity (Wildman–Crippen MR) is 68.2 cm³/mol. The fourth-order valence-corrected chi connectivity index (χ4v) is 2.81. The van der Waals surface area contributed by atoms with Gasteiger partial charge in [0.15, 0.2) is 0 Å². The summed E-state index contributed by atoms with van der Waals surface area (Å²) in [4.78, 5) is 13.6. The summed E-state index contributed by atoms with van der Waals surface area (Å²) in [6.45, 7) is 3.54. The standard InChI is InChI=1S/C13H20N4O/c14-13(18)12-6-11(15-16-12)10-2-1-5-17(8-10)7-9-3-4-9/h6,9-10H,1-5,7-8H2,(H2,14,18)(H,15,16). The molecule has 1 aromatic heterocycles. The van der Waals surface area contributed by atoms with E-state index in [9.17, 15) is 4.79 Å². The molecule has 0 bridgehead atoms. The molecule has 18 heavy (non-hydrogen) atoms. The summed E-state index contributed by atoms with van der Waals surface area (Å²) in [5.41, 5.74) is 6.64. The summed E-state index contributed by atoms with van der Waals surface area (Å²) < 4.78 is 0. The molecular weight excluding hydrogens is 228 g/mol. The summed E-state index contributed by atoms with van der Waals surface area (Å²) in [6.07, 6.45) is 5.19. The van der Waals surface area contributed by atoms with Gasteiger partial charge >= 0.3 is 0 Å². The third kappa shape index (κ3) is 2.56. The summed E-state index contributed by atoms with van der Waals surface area (Å²) in [6, 6.07) is 1.81. The second-order valence-electron chi connectivity index (χ2n) is 5.61. The Balaban J connectivity index is 1.64. The van der Waals surface area contributed by atoms with Gasteiger partial charge in [0.05, 0.1) is 0 Å². The van der Waals surface area contributed by atoms with Gasteiger partial charge in [-0.25, -0.2) is 0 Å². The molecule has 1 aromatic rings. The van der Waals surface area contributed by atoms with E-state index in [1.807, 2.05) is 6.07 Å². The van der Waals surface area contributed by atoms with Crippen molar-refractivity contribution in [1.29, 1.82) is 0 Å². The molecule has 2 heterocycles. The number of nitrogens with two attached hydrogens (primary N) is 1. The molecule has 2 fully saturated rings. The van der Waals surface area contributed by atoms with E-state index < -0.39 is 5.91 Å². The van der Waals surface area contributed by atoms with Crippen LogP contribution in [0.3, 0.4) is 0 Å². The third-order valence-corrected chi connectivity index (χ3v) is 4.01. The highest BCUT2D eigenvalue weighted by Crippen LogP contribution is 2.32. The number of amides is 1. The SMILES string of the molecule is NC(=O)c1cc(C2CCCN(CC3CC3)C2)[nH]n1. The quantitative estimate of drug-likeness (QED) is 0.837. The number of H-pyrrole nitrogens is 1. The smallest absolute Gasteiger partial charge is 0.269 e. The Morgan fingerprint density at radius 2 is 2.33 bits per heavy atom. The van der Waals surface area contributed by atoms with Gasteiger partial charge in [-0.05, 0) is 44.2 Å². The summed E-state index contributed by atoms with van der Waals surface area (Å²) >= 11 is 0. The largest absolute Gasteiger partial charge is 0.364 e. The number of aromatic nitrogens is 2. The van der Waals surface area contributed by atoms with Crippen molar-refractivity contribution in [1.82, 2.24) is 15.1 Å². The Kier molecular flexibility index (Phi) is 3.07. The second-order valence-corrected chi connectivity index (χ2v) is 5.61. The minimum absolute atomic E-state index is 0.351. The van der Waals surface area contributed by atoms with Crippen molar-refractivity contribution in [3.63, 3.8) is 0 Å². The first-order valence-corrected chi connectivity index (χ1v) is 6.80. The highest BCUT2D eigenvalue weighted by atomic mass is 16.1. The maximum absolute atomic E-state index is 11.0. The normalized spacial score (nSPS) is 25.2. The Labute approximate surface area is 107 Å². The zero-order chi connectivity index (χ0) is 12.5. The minimum Gasteiger partial charge on any atom is -0.364 e. The number of carbonyl (C=O) groups is 1. The molecule has 1 aliphatic heterocycles. The zero-order valence-electron chi connectivity index (χ0n) is 10.6. The number of aromatic amines is 1. The average molecular weight is 248 g/mol. The van der Waals surface area contributed by atoms with Gasteiger partial charge in [-0.1, -0.05) is 0 Å². The Hall–Kier alpha value is -1.36. The molecule has 3 rings (SSSR count). The van der Waals surface area contributed by atoms with Crippen LogP contribution in [0.25, 0.3) is 0 Å². The zero-order valence-corrected chi connectivity index (χ0v) is 10.6. The lowest BCUT2D eigenvalue weighted by Crippen LogP contribution is -2.35. The van der Waals surface area contributed by atoms with Crippen LogP contribution in [0.1, 0.15) is 47.8 Å². The summed E-state index contributed by atoms with van der Waals surface area (Å²) in [5, 5.41) is 6.94. The first-order valence-electron chi connectivity index (χ1n) is 6.80. The van der Waals surface area contributed by atoms with Crippen molar-refractivity contribution < 1.29 is 4.79 Å². The number of primary amides is 1. The van der Waals surface area contributed by atoms with E-state index in [4.69, 9.17) is 5.73 Å². The summed E-state index contributed by atoms with van der Waals surface area (Å²) in [7, 11) is 0. The van der Waals surface area contributed by atoms with Crippen LogP contribution < -0.4 is 5.73 Å². The molecule has 1 saturated carbocycles. The van der Waals surface area contributed by atoms with Crippen molar-refractivity contribution in [2.45, 2.75) is 31.6 Å². The molecule has 0 radical (unpaired) electrons. The Bertz CT molecular complexity index is 438. The van der Waals surface area contributed by atoms with Crippen LogP contribution in [-0.4, -0.2) is 40.6 Å². The molecule has 1 amide bonds. The van der Waals surface area contributed by atoms with Crippen LogP contribution in [-0.2, 0) is 0 Å². The number of piperidine rings is 1. The lowest BCUT2D eigenvalue weighted by Gasteiger charge is -2.32. The van der Waals surface area contributed by atoms with Crippen LogP contribution >= 0.6 is 0 Å². The number of hydrogen-bond donors (Lipinski definition) is 2. The first-order chi connectivity index (χ1) is 8.72. The predicted octanol–water partition coefficient (Wildman–Crippen LogP) is 1.10. The maximum Gasteiger partial charge on any atom is 0.269 e. The number of likely N-dealkylation sites (tertiary alicyclic amines) is 1. The van der Waals surface area contributed by atoms with Crippen LogP contribution in [0.5, 0.6) is 0 Å².